The second kappa shape index (κ2) is 10.4. The molecule has 1 aromatic heterocycles. The van der Waals surface area contributed by atoms with Gasteiger partial charge in [0.25, 0.3) is 5.91 Å². The van der Waals surface area contributed by atoms with Crippen molar-refractivity contribution in [2.45, 2.75) is 32.4 Å². The summed E-state index contributed by atoms with van der Waals surface area (Å²) < 4.78 is 45.8. The van der Waals surface area contributed by atoms with Gasteiger partial charge < -0.3 is 9.64 Å². The molecule has 4 rings (SSSR count). The van der Waals surface area contributed by atoms with Crippen LogP contribution in [0.5, 0.6) is 0 Å². The Morgan fingerprint density at radius 3 is 2.43 bits per heavy atom. The molecule has 0 N–H and O–H groups in total. The number of carbonyl (C=O) groups is 2. The van der Waals surface area contributed by atoms with Gasteiger partial charge in [-0.05, 0) is 61.6 Å². The number of nitrogens with zero attached hydrogens (tertiary/aromatic N) is 2. The van der Waals surface area contributed by atoms with Crippen molar-refractivity contribution in [2.75, 3.05) is 20.2 Å². The Labute approximate surface area is 222 Å². The third kappa shape index (κ3) is 5.36. The summed E-state index contributed by atoms with van der Waals surface area (Å²) in [5, 5.41) is 0.517. The first-order valence-corrected chi connectivity index (χ1v) is 12.4. The molecule has 10 heteroatoms. The number of halogens is 5. The number of ether oxygens (including phenoxy) is 1. The number of hydrogen-bond donors (Lipinski definition) is 0. The second-order valence-corrected chi connectivity index (χ2v) is 9.95. The van der Waals surface area contributed by atoms with Crippen molar-refractivity contribution in [3.63, 3.8) is 0 Å². The second-order valence-electron chi connectivity index (χ2n) is 9.16. The van der Waals surface area contributed by atoms with Gasteiger partial charge in [0, 0.05) is 42.4 Å². The van der Waals surface area contributed by atoms with Crippen LogP contribution in [0.25, 0.3) is 16.6 Å². The molecule has 3 aromatic rings. The Hall–Kier alpha value is -2.97. The van der Waals surface area contributed by atoms with Gasteiger partial charge in [0.15, 0.2) is 0 Å². The number of aryl methyl sites for hydroxylation is 1. The van der Waals surface area contributed by atoms with Crippen molar-refractivity contribution in [2.24, 2.45) is 5.92 Å². The lowest BCUT2D eigenvalue weighted by Crippen LogP contribution is -2.33. The fourth-order valence-corrected chi connectivity index (χ4v) is 5.45. The van der Waals surface area contributed by atoms with E-state index < -0.39 is 17.6 Å². The number of piperidine rings is 1. The lowest BCUT2D eigenvalue weighted by Gasteiger charge is -2.35. The summed E-state index contributed by atoms with van der Waals surface area (Å²) in [7, 11) is 1.37. The average molecular weight is 553 g/mol. The first-order chi connectivity index (χ1) is 17.4. The molecule has 0 radical (unpaired) electrons. The van der Waals surface area contributed by atoms with Crippen LogP contribution in [-0.2, 0) is 15.7 Å². The zero-order chi connectivity index (χ0) is 27.1. The van der Waals surface area contributed by atoms with E-state index in [0.717, 1.165) is 25.0 Å². The van der Waals surface area contributed by atoms with Gasteiger partial charge in [-0.25, -0.2) is 0 Å². The molecule has 2 aromatic carbocycles. The van der Waals surface area contributed by atoms with Crippen LogP contribution in [0, 0.1) is 12.8 Å². The van der Waals surface area contributed by atoms with Gasteiger partial charge in [-0.15, -0.1) is 0 Å². The van der Waals surface area contributed by atoms with Crippen LogP contribution in [0.1, 0.15) is 46.3 Å². The SMILES string of the molecule is C=C(c1ccc(Cl)c(C(=O)n2ccc3cc(C(F)(F)F)cc(C)c32)c1Cl)N1CCC(CC(=O)OC)CC1. The van der Waals surface area contributed by atoms with Crippen molar-refractivity contribution < 1.29 is 27.5 Å². The average Bonchev–Trinajstić information content (AvgIpc) is 3.28. The molecule has 1 aliphatic heterocycles. The molecule has 37 heavy (non-hydrogen) atoms. The molecule has 1 fully saturated rings. The molecule has 1 aliphatic rings. The number of fused-ring (bicyclic) bond motifs is 1. The van der Waals surface area contributed by atoms with E-state index in [1.165, 1.54) is 30.9 Å². The Kier molecular flexibility index (Phi) is 7.62. The van der Waals surface area contributed by atoms with Crippen molar-refractivity contribution in [3.05, 3.63) is 75.4 Å². The summed E-state index contributed by atoms with van der Waals surface area (Å²) in [4.78, 5) is 27.2. The van der Waals surface area contributed by atoms with Gasteiger partial charge in [0.1, 0.15) is 0 Å². The third-order valence-electron chi connectivity index (χ3n) is 6.82. The van der Waals surface area contributed by atoms with Crippen LogP contribution in [0.4, 0.5) is 13.2 Å². The fraction of sp³-hybridized carbons (Fsp3) is 0.333. The number of carbonyl (C=O) groups excluding carboxylic acids is 2. The quantitative estimate of drug-likeness (QED) is 0.314. The van der Waals surface area contributed by atoms with E-state index in [1.54, 1.807) is 12.1 Å². The van der Waals surface area contributed by atoms with Gasteiger partial charge in [0.2, 0.25) is 0 Å². The molecule has 0 spiro atoms. The van der Waals surface area contributed by atoms with Crippen LogP contribution in [0.2, 0.25) is 10.0 Å². The first kappa shape index (κ1) is 27.1. The molecular formula is C27H25Cl2F3N2O3. The summed E-state index contributed by atoms with van der Waals surface area (Å²) in [5.41, 5.74) is 1.06. The first-order valence-electron chi connectivity index (χ1n) is 11.6. The molecule has 0 saturated carbocycles. The van der Waals surface area contributed by atoms with E-state index >= 15 is 0 Å². The van der Waals surface area contributed by atoms with Crippen LogP contribution >= 0.6 is 23.2 Å². The molecule has 0 unspecified atom stereocenters. The van der Waals surface area contributed by atoms with Crippen LogP contribution in [0.15, 0.2) is 43.1 Å². The van der Waals surface area contributed by atoms with E-state index in [4.69, 9.17) is 27.9 Å². The normalized spacial score (nSPS) is 14.7. The van der Waals surface area contributed by atoms with Gasteiger partial charge in [-0.2, -0.15) is 13.2 Å². The highest BCUT2D eigenvalue weighted by Crippen LogP contribution is 2.37. The maximum Gasteiger partial charge on any atom is 0.416 e. The number of likely N-dealkylation sites (tertiary alicyclic amines) is 1. The number of alkyl halides is 3. The van der Waals surface area contributed by atoms with Crippen molar-refractivity contribution in [3.8, 4) is 0 Å². The van der Waals surface area contributed by atoms with E-state index in [-0.39, 0.29) is 32.9 Å². The molecule has 5 nitrogen and oxygen atoms in total. The molecule has 2 heterocycles. The van der Waals surface area contributed by atoms with Gasteiger partial charge in [-0.3, -0.25) is 14.2 Å². The van der Waals surface area contributed by atoms with Crippen LogP contribution in [0.3, 0.4) is 0 Å². The number of rotatable bonds is 5. The van der Waals surface area contributed by atoms with Gasteiger partial charge in [-0.1, -0.05) is 29.8 Å². The lowest BCUT2D eigenvalue weighted by molar-refractivity contribution is -0.142. The van der Waals surface area contributed by atoms with E-state index in [1.807, 2.05) is 4.90 Å². The highest BCUT2D eigenvalue weighted by molar-refractivity contribution is 6.41. The predicted octanol–water partition coefficient (Wildman–Crippen LogP) is 7.21. The van der Waals surface area contributed by atoms with Crippen LogP contribution < -0.4 is 0 Å². The fourth-order valence-electron chi connectivity index (χ4n) is 4.81. The number of benzene rings is 2. The highest BCUT2D eigenvalue weighted by Gasteiger charge is 2.32. The monoisotopic (exact) mass is 552 g/mol. The molecule has 1 saturated heterocycles. The number of aromatic nitrogens is 1. The van der Waals surface area contributed by atoms with E-state index in [9.17, 15) is 22.8 Å². The topological polar surface area (TPSA) is 51.5 Å². The number of esters is 1. The largest absolute Gasteiger partial charge is 0.469 e. The zero-order valence-electron chi connectivity index (χ0n) is 20.3. The predicted molar refractivity (Wildman–Crippen MR) is 138 cm³/mol. The molecule has 0 atom stereocenters. The minimum atomic E-state index is -4.50. The van der Waals surface area contributed by atoms with E-state index in [2.05, 4.69) is 6.58 Å². The molecular weight excluding hydrogens is 528 g/mol. The summed E-state index contributed by atoms with van der Waals surface area (Å²) >= 11 is 13.1. The molecule has 196 valence electrons. The maximum absolute atomic E-state index is 13.6. The van der Waals surface area contributed by atoms with Crippen molar-refractivity contribution >= 4 is 51.7 Å². The molecule has 0 aliphatic carbocycles. The summed E-state index contributed by atoms with van der Waals surface area (Å²) in [6.45, 7) is 7.02. The van der Waals surface area contributed by atoms with Gasteiger partial charge >= 0.3 is 12.1 Å². The Morgan fingerprint density at radius 1 is 1.14 bits per heavy atom. The standard InChI is InChI=1S/C27H25Cl2F3N2O3/c1-15-12-19(27(30,31)32)14-18-8-11-34(25(15)18)26(36)23-21(28)5-4-20(24(23)29)16(2)33-9-6-17(7-10-33)13-22(35)37-3/h4-5,8,11-12,14,17H,2,6-7,9-10,13H2,1,3H3. The summed E-state index contributed by atoms with van der Waals surface area (Å²) in [6.07, 6.45) is -1.16. The Balaban J connectivity index is 1.63. The Morgan fingerprint density at radius 2 is 1.81 bits per heavy atom. The van der Waals surface area contributed by atoms with Crippen molar-refractivity contribution in [1.29, 1.82) is 0 Å². The lowest BCUT2D eigenvalue weighted by atomic mass is 9.92. The molecule has 0 bridgehead atoms. The third-order valence-corrected chi connectivity index (χ3v) is 7.52. The maximum atomic E-state index is 13.6. The number of methoxy groups -OCH3 is 1. The van der Waals surface area contributed by atoms with Crippen molar-refractivity contribution in [1.82, 2.24) is 9.47 Å². The zero-order valence-corrected chi connectivity index (χ0v) is 21.8. The Bertz CT molecular complexity index is 1390. The smallest absolute Gasteiger partial charge is 0.416 e. The summed E-state index contributed by atoms with van der Waals surface area (Å²) in [6, 6.07) is 6.73. The van der Waals surface area contributed by atoms with E-state index in [0.29, 0.717) is 41.9 Å². The number of hydrogen-bond acceptors (Lipinski definition) is 4. The molecule has 0 amide bonds. The van der Waals surface area contributed by atoms with Gasteiger partial charge in [0.05, 0.1) is 33.8 Å². The highest BCUT2D eigenvalue weighted by atomic mass is 35.5. The minimum Gasteiger partial charge on any atom is -0.469 e. The van der Waals surface area contributed by atoms with Crippen LogP contribution in [-0.4, -0.2) is 41.5 Å². The minimum absolute atomic E-state index is 0.0411. The summed E-state index contributed by atoms with van der Waals surface area (Å²) in [5.74, 6) is -0.569.